The van der Waals surface area contributed by atoms with Gasteiger partial charge in [-0.25, -0.2) is 4.98 Å². The van der Waals surface area contributed by atoms with Gasteiger partial charge in [0.2, 0.25) is 5.95 Å². The van der Waals surface area contributed by atoms with E-state index in [-0.39, 0.29) is 0 Å². The Bertz CT molecular complexity index is 683. The molecular formula is C18H25N5O. The summed E-state index contributed by atoms with van der Waals surface area (Å²) >= 11 is 0. The second-order valence-electron chi connectivity index (χ2n) is 5.94. The number of hydrogen-bond acceptors (Lipinski definition) is 6. The number of para-hydroxylation sites is 2. The predicted molar refractivity (Wildman–Crippen MR) is 97.4 cm³/mol. The molecule has 128 valence electrons. The summed E-state index contributed by atoms with van der Waals surface area (Å²) in [6.45, 7) is 9.35. The fraction of sp³-hybridized carbons (Fsp3) is 0.444. The van der Waals surface area contributed by atoms with Gasteiger partial charge in [-0.15, -0.1) is 0 Å². The highest BCUT2D eigenvalue weighted by Gasteiger charge is 2.18. The van der Waals surface area contributed by atoms with Crippen LogP contribution >= 0.6 is 0 Å². The topological polar surface area (TPSA) is 53.5 Å². The molecule has 2 aromatic rings. The monoisotopic (exact) mass is 327 g/mol. The lowest BCUT2D eigenvalue weighted by Crippen LogP contribution is -2.46. The lowest BCUT2D eigenvalue weighted by atomic mass is 10.3. The molecule has 0 atom stereocenters. The summed E-state index contributed by atoms with van der Waals surface area (Å²) in [7, 11) is 1.67. The molecule has 0 bridgehead atoms. The number of nitrogens with one attached hydrogen (secondary N) is 1. The van der Waals surface area contributed by atoms with Gasteiger partial charge < -0.3 is 19.9 Å². The largest absolute Gasteiger partial charge is 0.495 e. The Labute approximate surface area is 143 Å². The lowest BCUT2D eigenvalue weighted by molar-refractivity contribution is 0.270. The van der Waals surface area contributed by atoms with Crippen molar-refractivity contribution < 1.29 is 4.74 Å². The molecule has 0 unspecified atom stereocenters. The van der Waals surface area contributed by atoms with Crippen molar-refractivity contribution in [1.82, 2.24) is 14.9 Å². The molecule has 6 nitrogen and oxygen atoms in total. The van der Waals surface area contributed by atoms with Crippen LogP contribution in [0.4, 0.5) is 17.5 Å². The van der Waals surface area contributed by atoms with Crippen molar-refractivity contribution in [2.45, 2.75) is 13.8 Å². The van der Waals surface area contributed by atoms with Crippen LogP contribution < -0.4 is 15.0 Å². The highest BCUT2D eigenvalue weighted by atomic mass is 16.5. The lowest BCUT2D eigenvalue weighted by Gasteiger charge is -2.34. The maximum absolute atomic E-state index is 5.40. The van der Waals surface area contributed by atoms with E-state index in [0.29, 0.717) is 0 Å². The third-order valence-electron chi connectivity index (χ3n) is 4.31. The van der Waals surface area contributed by atoms with E-state index in [1.165, 1.54) is 0 Å². The third kappa shape index (κ3) is 3.76. The van der Waals surface area contributed by atoms with Crippen LogP contribution in [0.1, 0.15) is 12.6 Å². The molecule has 1 aliphatic heterocycles. The van der Waals surface area contributed by atoms with Gasteiger partial charge in [-0.3, -0.25) is 0 Å². The highest BCUT2D eigenvalue weighted by molar-refractivity contribution is 5.64. The van der Waals surface area contributed by atoms with E-state index in [4.69, 9.17) is 9.72 Å². The number of anilines is 3. The molecule has 1 aromatic heterocycles. The number of methoxy groups -OCH3 is 1. The number of rotatable bonds is 5. The van der Waals surface area contributed by atoms with Crippen LogP contribution in [0.3, 0.4) is 0 Å². The van der Waals surface area contributed by atoms with Gasteiger partial charge in [0, 0.05) is 37.9 Å². The molecule has 0 spiro atoms. The number of aromatic nitrogens is 2. The molecular weight excluding hydrogens is 302 g/mol. The molecule has 1 aliphatic rings. The summed E-state index contributed by atoms with van der Waals surface area (Å²) in [5, 5.41) is 3.35. The molecule has 0 aliphatic carbocycles. The van der Waals surface area contributed by atoms with Crippen LogP contribution in [0.5, 0.6) is 5.75 Å². The van der Waals surface area contributed by atoms with E-state index in [0.717, 1.165) is 61.6 Å². The Kier molecular flexibility index (Phi) is 5.15. The summed E-state index contributed by atoms with van der Waals surface area (Å²) < 4.78 is 5.40. The van der Waals surface area contributed by atoms with Crippen LogP contribution in [-0.2, 0) is 0 Å². The van der Waals surface area contributed by atoms with Gasteiger partial charge in [-0.1, -0.05) is 19.1 Å². The number of benzene rings is 1. The van der Waals surface area contributed by atoms with Crippen LogP contribution in [0, 0.1) is 6.92 Å². The molecule has 6 heteroatoms. The fourth-order valence-electron chi connectivity index (χ4n) is 2.91. The number of hydrogen-bond donors (Lipinski definition) is 1. The quantitative estimate of drug-likeness (QED) is 0.911. The summed E-state index contributed by atoms with van der Waals surface area (Å²) in [5.74, 6) is 2.38. The SMILES string of the molecule is CCN1CCN(c2nc(C)cc(Nc3ccccc3OC)n2)CC1. The average Bonchev–Trinajstić information content (AvgIpc) is 2.62. The van der Waals surface area contributed by atoms with E-state index >= 15 is 0 Å². The molecule has 1 saturated heterocycles. The molecule has 1 fully saturated rings. The summed E-state index contributed by atoms with van der Waals surface area (Å²) in [5.41, 5.74) is 1.86. The highest BCUT2D eigenvalue weighted by Crippen LogP contribution is 2.27. The summed E-state index contributed by atoms with van der Waals surface area (Å²) in [6, 6.07) is 9.80. The minimum Gasteiger partial charge on any atom is -0.495 e. The van der Waals surface area contributed by atoms with Crippen molar-refractivity contribution in [3.8, 4) is 5.75 Å². The summed E-state index contributed by atoms with van der Waals surface area (Å²) in [6.07, 6.45) is 0. The number of ether oxygens (including phenoxy) is 1. The molecule has 24 heavy (non-hydrogen) atoms. The van der Waals surface area contributed by atoms with Crippen molar-refractivity contribution >= 4 is 17.5 Å². The van der Waals surface area contributed by atoms with Gasteiger partial charge in [0.25, 0.3) is 0 Å². The molecule has 0 amide bonds. The van der Waals surface area contributed by atoms with E-state index < -0.39 is 0 Å². The second-order valence-corrected chi connectivity index (χ2v) is 5.94. The molecule has 0 saturated carbocycles. The first-order chi connectivity index (χ1) is 11.7. The Hall–Kier alpha value is -2.34. The van der Waals surface area contributed by atoms with Crippen LogP contribution in [0.15, 0.2) is 30.3 Å². The first kappa shape index (κ1) is 16.5. The Morgan fingerprint density at radius 2 is 1.88 bits per heavy atom. The third-order valence-corrected chi connectivity index (χ3v) is 4.31. The Morgan fingerprint density at radius 1 is 1.12 bits per heavy atom. The van der Waals surface area contributed by atoms with E-state index in [1.807, 2.05) is 37.3 Å². The fourth-order valence-corrected chi connectivity index (χ4v) is 2.91. The zero-order valence-corrected chi connectivity index (χ0v) is 14.6. The van der Waals surface area contributed by atoms with E-state index in [1.54, 1.807) is 7.11 Å². The van der Waals surface area contributed by atoms with Gasteiger partial charge >= 0.3 is 0 Å². The number of nitrogens with zero attached hydrogens (tertiary/aromatic N) is 4. The maximum Gasteiger partial charge on any atom is 0.227 e. The minimum atomic E-state index is 0.792. The molecule has 1 N–H and O–H groups in total. The molecule has 3 rings (SSSR count). The number of piperazine rings is 1. The number of likely N-dealkylation sites (N-methyl/N-ethyl adjacent to an activating group) is 1. The van der Waals surface area contributed by atoms with Crippen LogP contribution in [0.2, 0.25) is 0 Å². The zero-order valence-electron chi connectivity index (χ0n) is 14.6. The van der Waals surface area contributed by atoms with Crippen molar-refractivity contribution in [2.75, 3.05) is 50.1 Å². The maximum atomic E-state index is 5.40. The standard InChI is InChI=1S/C18H25N5O/c1-4-22-9-11-23(12-10-22)18-19-14(2)13-17(21-18)20-15-7-5-6-8-16(15)24-3/h5-8,13H,4,9-12H2,1-3H3,(H,19,20,21). The van der Waals surface area contributed by atoms with Gasteiger partial charge in [-0.2, -0.15) is 4.98 Å². The van der Waals surface area contributed by atoms with Gasteiger partial charge in [0.15, 0.2) is 0 Å². The van der Waals surface area contributed by atoms with Gasteiger partial charge in [-0.05, 0) is 25.6 Å². The van der Waals surface area contributed by atoms with Crippen molar-refractivity contribution in [3.05, 3.63) is 36.0 Å². The van der Waals surface area contributed by atoms with Gasteiger partial charge in [0.1, 0.15) is 11.6 Å². The Morgan fingerprint density at radius 3 is 2.58 bits per heavy atom. The van der Waals surface area contributed by atoms with Crippen molar-refractivity contribution in [3.63, 3.8) is 0 Å². The van der Waals surface area contributed by atoms with Crippen LogP contribution in [-0.4, -0.2) is 54.7 Å². The van der Waals surface area contributed by atoms with Crippen molar-refractivity contribution in [1.29, 1.82) is 0 Å². The number of aryl methyl sites for hydroxylation is 1. The van der Waals surface area contributed by atoms with Gasteiger partial charge in [0.05, 0.1) is 12.8 Å². The minimum absolute atomic E-state index is 0.792. The summed E-state index contributed by atoms with van der Waals surface area (Å²) in [4.78, 5) is 14.0. The van der Waals surface area contributed by atoms with E-state index in [2.05, 4.69) is 27.0 Å². The van der Waals surface area contributed by atoms with Crippen molar-refractivity contribution in [2.24, 2.45) is 0 Å². The smallest absolute Gasteiger partial charge is 0.227 e. The van der Waals surface area contributed by atoms with Crippen LogP contribution in [0.25, 0.3) is 0 Å². The first-order valence-electron chi connectivity index (χ1n) is 8.42. The molecule has 2 heterocycles. The molecule has 0 radical (unpaired) electrons. The Balaban J connectivity index is 1.79. The molecule has 1 aromatic carbocycles. The predicted octanol–water partition coefficient (Wildman–Crippen LogP) is 2.68. The first-order valence-corrected chi connectivity index (χ1v) is 8.42. The second kappa shape index (κ2) is 7.49. The zero-order chi connectivity index (χ0) is 16.9. The van der Waals surface area contributed by atoms with E-state index in [9.17, 15) is 0 Å². The normalized spacial score (nSPS) is 15.4. The average molecular weight is 327 g/mol.